The third-order valence-corrected chi connectivity index (χ3v) is 3.91. The maximum atomic E-state index is 11.5. The second-order valence-corrected chi connectivity index (χ2v) is 5.72. The van der Waals surface area contributed by atoms with Gasteiger partial charge in [0.25, 0.3) is 0 Å². The third-order valence-electron chi connectivity index (χ3n) is 3.72. The summed E-state index contributed by atoms with van der Waals surface area (Å²) in [7, 11) is 1.38. The summed E-state index contributed by atoms with van der Waals surface area (Å²) in [5.74, 6) is 0.370. The van der Waals surface area contributed by atoms with Crippen LogP contribution in [0.4, 0.5) is 0 Å². The van der Waals surface area contributed by atoms with Crippen LogP contribution in [0.25, 0.3) is 11.3 Å². The van der Waals surface area contributed by atoms with Gasteiger partial charge in [0, 0.05) is 30.7 Å². The Morgan fingerprint density at radius 2 is 1.96 bits per heavy atom. The number of methoxy groups -OCH3 is 1. The second-order valence-electron chi connectivity index (χ2n) is 5.34. The number of nitrogens with one attached hydrogen (secondary N) is 1. The molecule has 0 saturated carbocycles. The van der Waals surface area contributed by atoms with E-state index in [9.17, 15) is 4.79 Å². The van der Waals surface area contributed by atoms with Gasteiger partial charge in [-0.15, -0.1) is 24.8 Å². The van der Waals surface area contributed by atoms with Crippen LogP contribution in [-0.4, -0.2) is 36.8 Å². The molecule has 1 aliphatic heterocycles. The number of esters is 1. The number of carbonyl (C=O) groups is 1. The van der Waals surface area contributed by atoms with E-state index in [1.54, 1.807) is 6.07 Å². The highest BCUT2D eigenvalue weighted by molar-refractivity contribution is 6.29. The second kappa shape index (κ2) is 9.82. The molecule has 8 heteroatoms. The van der Waals surface area contributed by atoms with E-state index in [0.717, 1.165) is 11.3 Å². The fourth-order valence-electron chi connectivity index (χ4n) is 2.61. The van der Waals surface area contributed by atoms with Gasteiger partial charge in [-0.1, -0.05) is 41.9 Å². The number of aromatic nitrogens is 1. The molecule has 5 nitrogen and oxygen atoms in total. The van der Waals surface area contributed by atoms with Crippen LogP contribution < -0.4 is 10.1 Å². The molecule has 0 radical (unpaired) electrons. The van der Waals surface area contributed by atoms with E-state index >= 15 is 0 Å². The number of hydrogen-bond donors (Lipinski definition) is 1. The van der Waals surface area contributed by atoms with Crippen LogP contribution in [0.5, 0.6) is 5.75 Å². The molecule has 136 valence electrons. The molecule has 1 aromatic carbocycles. The smallest absolute Gasteiger partial charge is 0.323 e. The molecule has 1 saturated heterocycles. The quantitative estimate of drug-likeness (QED) is 0.623. The molecule has 2 aromatic rings. The zero-order valence-electron chi connectivity index (χ0n) is 13.5. The molecular formula is C17H19Cl3N2O3. The summed E-state index contributed by atoms with van der Waals surface area (Å²) in [5, 5.41) is 3.46. The van der Waals surface area contributed by atoms with E-state index in [0.29, 0.717) is 23.9 Å². The van der Waals surface area contributed by atoms with Gasteiger partial charge >= 0.3 is 5.97 Å². The van der Waals surface area contributed by atoms with Crippen molar-refractivity contribution in [2.45, 2.75) is 18.6 Å². The Morgan fingerprint density at radius 1 is 1.24 bits per heavy atom. The Morgan fingerprint density at radius 3 is 2.64 bits per heavy atom. The largest absolute Gasteiger partial charge is 0.489 e. The zero-order valence-corrected chi connectivity index (χ0v) is 15.9. The molecule has 0 amide bonds. The first-order valence-electron chi connectivity index (χ1n) is 7.36. The van der Waals surface area contributed by atoms with Gasteiger partial charge in [0.15, 0.2) is 0 Å². The first kappa shape index (κ1) is 21.5. The first-order valence-corrected chi connectivity index (χ1v) is 7.74. The standard InChI is InChI=1S/C17H17ClN2O3.2ClH/c1-22-17(21)15-8-13(10-19-15)23-12-7-14(20-16(18)9-12)11-5-3-2-4-6-11;;/h2-7,9,13,15,19H,8,10H2,1H3;2*1H/t13-,15+;;/m1../s1. The molecule has 0 aliphatic carbocycles. The summed E-state index contributed by atoms with van der Waals surface area (Å²) in [4.78, 5) is 15.9. The summed E-state index contributed by atoms with van der Waals surface area (Å²) in [6, 6.07) is 13.0. The highest BCUT2D eigenvalue weighted by Gasteiger charge is 2.31. The van der Waals surface area contributed by atoms with E-state index in [1.807, 2.05) is 36.4 Å². The van der Waals surface area contributed by atoms with Gasteiger partial charge in [0.2, 0.25) is 0 Å². The van der Waals surface area contributed by atoms with Gasteiger partial charge in [-0.3, -0.25) is 4.79 Å². The molecule has 2 heterocycles. The van der Waals surface area contributed by atoms with Crippen molar-refractivity contribution in [1.82, 2.24) is 10.3 Å². The normalized spacial score (nSPS) is 18.6. The number of hydrogen-bond acceptors (Lipinski definition) is 5. The Labute approximate surface area is 163 Å². The maximum absolute atomic E-state index is 11.5. The molecule has 1 aromatic heterocycles. The van der Waals surface area contributed by atoms with Crippen LogP contribution in [-0.2, 0) is 9.53 Å². The lowest BCUT2D eigenvalue weighted by atomic mass is 10.1. The molecule has 1 fully saturated rings. The van der Waals surface area contributed by atoms with Gasteiger partial charge in [0.1, 0.15) is 23.0 Å². The minimum Gasteiger partial charge on any atom is -0.489 e. The highest BCUT2D eigenvalue weighted by Crippen LogP contribution is 2.27. The Balaban J connectivity index is 0.00000156. The highest BCUT2D eigenvalue weighted by atomic mass is 35.5. The SMILES string of the molecule is COC(=O)[C@@H]1C[C@@H](Oc2cc(Cl)nc(-c3ccccc3)c2)CN1.Cl.Cl. The van der Waals surface area contributed by atoms with Crippen molar-refractivity contribution in [3.63, 3.8) is 0 Å². The lowest BCUT2D eigenvalue weighted by Crippen LogP contribution is -2.31. The average molecular weight is 406 g/mol. The molecular weight excluding hydrogens is 387 g/mol. The molecule has 3 rings (SSSR count). The zero-order chi connectivity index (χ0) is 16.2. The van der Waals surface area contributed by atoms with Crippen molar-refractivity contribution < 1.29 is 14.3 Å². The van der Waals surface area contributed by atoms with Crippen LogP contribution in [0, 0.1) is 0 Å². The van der Waals surface area contributed by atoms with Crippen molar-refractivity contribution in [3.8, 4) is 17.0 Å². The fraction of sp³-hybridized carbons (Fsp3) is 0.294. The lowest BCUT2D eigenvalue weighted by molar-refractivity contribution is -0.142. The van der Waals surface area contributed by atoms with Crippen molar-refractivity contribution >= 4 is 42.4 Å². The van der Waals surface area contributed by atoms with Crippen LogP contribution >= 0.6 is 36.4 Å². The number of benzene rings is 1. The molecule has 1 N–H and O–H groups in total. The van der Waals surface area contributed by atoms with E-state index in [-0.39, 0.29) is 42.9 Å². The van der Waals surface area contributed by atoms with Crippen molar-refractivity contribution in [2.24, 2.45) is 0 Å². The summed E-state index contributed by atoms with van der Waals surface area (Å²) in [5.41, 5.74) is 1.72. The number of rotatable bonds is 4. The number of ether oxygens (including phenoxy) is 2. The van der Waals surface area contributed by atoms with Crippen molar-refractivity contribution in [2.75, 3.05) is 13.7 Å². The number of pyridine rings is 1. The van der Waals surface area contributed by atoms with Gasteiger partial charge in [-0.25, -0.2) is 4.98 Å². The van der Waals surface area contributed by atoms with Crippen molar-refractivity contribution in [3.05, 3.63) is 47.6 Å². The van der Waals surface area contributed by atoms with E-state index in [1.165, 1.54) is 7.11 Å². The number of halogens is 3. The average Bonchev–Trinajstić information content (AvgIpc) is 3.03. The van der Waals surface area contributed by atoms with E-state index < -0.39 is 0 Å². The molecule has 2 atom stereocenters. The molecule has 25 heavy (non-hydrogen) atoms. The van der Waals surface area contributed by atoms with Gasteiger partial charge in [-0.05, 0) is 0 Å². The van der Waals surface area contributed by atoms with Gasteiger partial charge < -0.3 is 14.8 Å². The first-order chi connectivity index (χ1) is 11.2. The van der Waals surface area contributed by atoms with Crippen molar-refractivity contribution in [1.29, 1.82) is 0 Å². The van der Waals surface area contributed by atoms with Crippen LogP contribution in [0.2, 0.25) is 5.15 Å². The third kappa shape index (κ3) is 5.47. The lowest BCUT2D eigenvalue weighted by Gasteiger charge is -2.14. The van der Waals surface area contributed by atoms with Gasteiger partial charge in [0.05, 0.1) is 12.8 Å². The summed E-state index contributed by atoms with van der Waals surface area (Å²) < 4.78 is 10.7. The van der Waals surface area contributed by atoms with Gasteiger partial charge in [-0.2, -0.15) is 0 Å². The minimum absolute atomic E-state index is 0. The molecule has 0 unspecified atom stereocenters. The number of nitrogens with zero attached hydrogens (tertiary/aromatic N) is 1. The molecule has 0 spiro atoms. The van der Waals surface area contributed by atoms with Crippen LogP contribution in [0.3, 0.4) is 0 Å². The predicted octanol–water partition coefficient (Wildman–Crippen LogP) is 3.53. The topological polar surface area (TPSA) is 60.5 Å². The summed E-state index contributed by atoms with van der Waals surface area (Å²) in [6.07, 6.45) is 0.453. The Kier molecular flexibility index (Phi) is 8.45. The van der Waals surface area contributed by atoms with E-state index in [2.05, 4.69) is 10.3 Å². The Hall–Kier alpha value is -1.53. The van der Waals surface area contributed by atoms with Crippen LogP contribution in [0.15, 0.2) is 42.5 Å². The molecule has 0 bridgehead atoms. The van der Waals surface area contributed by atoms with Crippen LogP contribution in [0.1, 0.15) is 6.42 Å². The minimum atomic E-state index is -0.323. The summed E-state index contributed by atoms with van der Waals surface area (Å²) in [6.45, 7) is 0.584. The monoisotopic (exact) mass is 404 g/mol. The number of carbonyl (C=O) groups excluding carboxylic acids is 1. The maximum Gasteiger partial charge on any atom is 0.323 e. The summed E-state index contributed by atoms with van der Waals surface area (Å²) >= 11 is 6.11. The Bertz CT molecular complexity index is 701. The fourth-order valence-corrected chi connectivity index (χ4v) is 2.80. The predicted molar refractivity (Wildman–Crippen MR) is 102 cm³/mol. The molecule has 1 aliphatic rings. The van der Waals surface area contributed by atoms with E-state index in [4.69, 9.17) is 21.1 Å².